The van der Waals surface area contributed by atoms with Crippen molar-refractivity contribution >= 4 is 50.2 Å². The van der Waals surface area contributed by atoms with Gasteiger partial charge in [0.25, 0.3) is 0 Å². The minimum Gasteiger partial charge on any atom is -0.0888 e. The summed E-state index contributed by atoms with van der Waals surface area (Å²) in [5.41, 5.74) is 10.7. The Morgan fingerprint density at radius 2 is 1.20 bits per heavy atom. The summed E-state index contributed by atoms with van der Waals surface area (Å²) in [5, 5.41) is 7.91. The number of benzene rings is 7. The highest BCUT2D eigenvalue weighted by Crippen LogP contribution is 2.51. The number of allylic oxidation sites excluding steroid dienone is 1. The maximum absolute atomic E-state index is 2.44. The van der Waals surface area contributed by atoms with Crippen LogP contribution < -0.4 is 0 Å². The van der Waals surface area contributed by atoms with Gasteiger partial charge in [-0.2, -0.15) is 0 Å². The van der Waals surface area contributed by atoms with Crippen molar-refractivity contribution in [1.29, 1.82) is 0 Å². The molecule has 0 bridgehead atoms. The second-order valence-corrected chi connectivity index (χ2v) is 12.3. The molecule has 7 aromatic rings. The Hall–Kier alpha value is -4.59. The van der Waals surface area contributed by atoms with Crippen LogP contribution in [0.2, 0.25) is 0 Å². The van der Waals surface area contributed by atoms with Crippen LogP contribution in [-0.4, -0.2) is 0 Å². The molecule has 2 aliphatic rings. The SMILES string of the molecule is C1=Cc2ccc(-c3c4ccccc4c(-c4cc5c6c(cccc6c4)-c4ccccc4S5)c4ccccc34)cc2CC1. The Balaban J connectivity index is 1.35. The number of hydrogen-bond donors (Lipinski definition) is 0. The summed E-state index contributed by atoms with van der Waals surface area (Å²) in [6.07, 6.45) is 6.79. The molecule has 0 unspecified atom stereocenters. The third-order valence-corrected chi connectivity index (χ3v) is 9.99. The molecule has 0 radical (unpaired) electrons. The van der Waals surface area contributed by atoms with E-state index >= 15 is 0 Å². The predicted molar refractivity (Wildman–Crippen MR) is 177 cm³/mol. The van der Waals surface area contributed by atoms with E-state index in [-0.39, 0.29) is 0 Å². The molecule has 0 amide bonds. The average Bonchev–Trinajstić information content (AvgIpc) is 3.03. The zero-order valence-corrected chi connectivity index (χ0v) is 23.3. The first-order valence-corrected chi connectivity index (χ1v) is 15.2. The van der Waals surface area contributed by atoms with Crippen LogP contribution in [0, 0.1) is 0 Å². The van der Waals surface area contributed by atoms with Crippen molar-refractivity contribution in [2.75, 3.05) is 0 Å². The molecule has 0 spiro atoms. The first kappa shape index (κ1) is 23.1. The van der Waals surface area contributed by atoms with Gasteiger partial charge in [0.2, 0.25) is 0 Å². The van der Waals surface area contributed by atoms with Gasteiger partial charge in [-0.15, -0.1) is 0 Å². The maximum atomic E-state index is 2.44. The van der Waals surface area contributed by atoms with Crippen LogP contribution in [0.3, 0.4) is 0 Å². The van der Waals surface area contributed by atoms with Gasteiger partial charge in [-0.05, 0) is 102 Å². The van der Waals surface area contributed by atoms with Crippen molar-refractivity contribution in [3.05, 3.63) is 139 Å². The summed E-state index contributed by atoms with van der Waals surface area (Å²) in [7, 11) is 0. The molecule has 0 saturated carbocycles. The fourth-order valence-electron chi connectivity index (χ4n) is 7.07. The van der Waals surface area contributed by atoms with E-state index < -0.39 is 0 Å². The van der Waals surface area contributed by atoms with Crippen LogP contribution in [0.5, 0.6) is 0 Å². The summed E-state index contributed by atoms with van der Waals surface area (Å²) >= 11 is 1.90. The van der Waals surface area contributed by atoms with Gasteiger partial charge in [-0.25, -0.2) is 0 Å². The molecule has 1 heterocycles. The van der Waals surface area contributed by atoms with Crippen molar-refractivity contribution < 1.29 is 0 Å². The molecule has 0 nitrogen and oxygen atoms in total. The largest absolute Gasteiger partial charge is 0.0888 e. The third kappa shape index (κ3) is 3.49. The molecule has 0 fully saturated rings. The van der Waals surface area contributed by atoms with Gasteiger partial charge < -0.3 is 0 Å². The molecule has 7 aromatic carbocycles. The molecule has 0 saturated heterocycles. The standard InChI is InChI=1S/C40H26S/c1-2-11-26-22-28(21-20-25(26)10-1)38-32-14-3-5-16-34(32)39(35-17-6-4-15-33(35)38)29-23-27-12-9-18-31-30-13-7-8-19-36(30)41-37(24-29)40(27)31/h1,3-10,12-24H,2,11H2. The number of aryl methyl sites for hydroxylation is 1. The lowest BCUT2D eigenvalue weighted by atomic mass is 9.84. The topological polar surface area (TPSA) is 0 Å². The van der Waals surface area contributed by atoms with Crippen molar-refractivity contribution in [1.82, 2.24) is 0 Å². The molecule has 41 heavy (non-hydrogen) atoms. The van der Waals surface area contributed by atoms with E-state index in [2.05, 4.69) is 133 Å². The Morgan fingerprint density at radius 3 is 1.98 bits per heavy atom. The van der Waals surface area contributed by atoms with E-state index in [0.717, 1.165) is 12.8 Å². The zero-order chi connectivity index (χ0) is 26.9. The molecule has 1 aliphatic carbocycles. The molecule has 0 N–H and O–H groups in total. The first-order valence-electron chi connectivity index (χ1n) is 14.4. The first-order chi connectivity index (χ1) is 20.3. The number of rotatable bonds is 2. The van der Waals surface area contributed by atoms with Crippen LogP contribution in [0.4, 0.5) is 0 Å². The van der Waals surface area contributed by atoms with Crippen LogP contribution in [-0.2, 0) is 6.42 Å². The van der Waals surface area contributed by atoms with Crippen molar-refractivity contribution in [2.24, 2.45) is 0 Å². The molecule has 192 valence electrons. The van der Waals surface area contributed by atoms with Gasteiger partial charge in [0.05, 0.1) is 0 Å². The Labute approximate surface area is 244 Å². The number of fused-ring (bicyclic) bond motifs is 5. The summed E-state index contributed by atoms with van der Waals surface area (Å²) < 4.78 is 0. The van der Waals surface area contributed by atoms with Crippen LogP contribution >= 0.6 is 11.8 Å². The summed E-state index contributed by atoms with van der Waals surface area (Å²) in [4.78, 5) is 2.67. The van der Waals surface area contributed by atoms with Gasteiger partial charge in [0, 0.05) is 15.2 Å². The average molecular weight is 539 g/mol. The molecular formula is C40H26S. The monoisotopic (exact) mass is 538 g/mol. The summed E-state index contributed by atoms with van der Waals surface area (Å²) in [6.45, 7) is 0. The molecular weight excluding hydrogens is 513 g/mol. The minimum absolute atomic E-state index is 1.11. The Bertz CT molecular complexity index is 2180. The quantitative estimate of drug-likeness (QED) is 0.197. The second kappa shape index (κ2) is 8.96. The number of hydrogen-bond acceptors (Lipinski definition) is 1. The van der Waals surface area contributed by atoms with Gasteiger partial charge >= 0.3 is 0 Å². The summed E-state index contributed by atoms with van der Waals surface area (Å²) in [5.74, 6) is 0. The van der Waals surface area contributed by atoms with Gasteiger partial charge in [0.15, 0.2) is 0 Å². The lowest BCUT2D eigenvalue weighted by molar-refractivity contribution is 0.986. The maximum Gasteiger partial charge on any atom is 0.0213 e. The molecule has 1 aliphatic heterocycles. The highest BCUT2D eigenvalue weighted by molar-refractivity contribution is 7.99. The predicted octanol–water partition coefficient (Wildman–Crippen LogP) is 11.6. The normalized spacial score (nSPS) is 13.5. The van der Waals surface area contributed by atoms with E-state index in [1.165, 1.54) is 86.6 Å². The lowest BCUT2D eigenvalue weighted by Gasteiger charge is -2.23. The van der Waals surface area contributed by atoms with E-state index in [9.17, 15) is 0 Å². The van der Waals surface area contributed by atoms with Gasteiger partial charge in [0.1, 0.15) is 0 Å². The van der Waals surface area contributed by atoms with Crippen molar-refractivity contribution in [3.63, 3.8) is 0 Å². The third-order valence-electron chi connectivity index (χ3n) is 8.87. The summed E-state index contributed by atoms with van der Waals surface area (Å²) in [6, 6.07) is 45.5. The fourth-order valence-corrected chi connectivity index (χ4v) is 8.26. The molecule has 9 rings (SSSR count). The van der Waals surface area contributed by atoms with Gasteiger partial charge in [-0.3, -0.25) is 0 Å². The van der Waals surface area contributed by atoms with Crippen molar-refractivity contribution in [3.8, 4) is 33.4 Å². The van der Waals surface area contributed by atoms with Crippen molar-refractivity contribution in [2.45, 2.75) is 22.6 Å². The van der Waals surface area contributed by atoms with E-state index in [0.29, 0.717) is 0 Å². The van der Waals surface area contributed by atoms with Crippen LogP contribution in [0.1, 0.15) is 17.5 Å². The molecule has 0 atom stereocenters. The highest BCUT2D eigenvalue weighted by atomic mass is 32.2. The van der Waals surface area contributed by atoms with E-state index in [1.54, 1.807) is 0 Å². The van der Waals surface area contributed by atoms with Crippen LogP contribution in [0.25, 0.3) is 71.8 Å². The minimum atomic E-state index is 1.11. The van der Waals surface area contributed by atoms with E-state index in [1.807, 2.05) is 11.8 Å². The van der Waals surface area contributed by atoms with Gasteiger partial charge in [-0.1, -0.05) is 127 Å². The highest BCUT2D eigenvalue weighted by Gasteiger charge is 2.22. The second-order valence-electron chi connectivity index (χ2n) is 11.2. The van der Waals surface area contributed by atoms with Crippen LogP contribution in [0.15, 0.2) is 137 Å². The van der Waals surface area contributed by atoms with E-state index in [4.69, 9.17) is 0 Å². The fraction of sp³-hybridized carbons (Fsp3) is 0.0500. The Morgan fingerprint density at radius 1 is 0.512 bits per heavy atom. The molecule has 0 aromatic heterocycles. The smallest absolute Gasteiger partial charge is 0.0213 e. The lowest BCUT2D eigenvalue weighted by Crippen LogP contribution is -1.96. The zero-order valence-electron chi connectivity index (χ0n) is 22.5. The Kier molecular flexibility index (Phi) is 5.06. The molecule has 1 heteroatoms.